The fraction of sp³-hybridized carbons (Fsp3) is 0.240. The smallest absolute Gasteiger partial charge is 0.256 e. The summed E-state index contributed by atoms with van der Waals surface area (Å²) < 4.78 is 5.72. The van der Waals surface area contributed by atoms with E-state index >= 15 is 0 Å². The molecule has 0 spiro atoms. The lowest BCUT2D eigenvalue weighted by atomic mass is 10.0. The number of hydrogen-bond donors (Lipinski definition) is 1. The van der Waals surface area contributed by atoms with Gasteiger partial charge in [-0.15, -0.1) is 11.8 Å². The maximum absolute atomic E-state index is 13.1. The summed E-state index contributed by atoms with van der Waals surface area (Å²) in [6.07, 6.45) is 3.31. The number of carbonyl (C=O) groups is 1. The van der Waals surface area contributed by atoms with Crippen LogP contribution in [0, 0.1) is 0 Å². The maximum Gasteiger partial charge on any atom is 0.256 e. The van der Waals surface area contributed by atoms with Crippen molar-refractivity contribution >= 4 is 23.4 Å². The van der Waals surface area contributed by atoms with Gasteiger partial charge in [-0.1, -0.05) is 60.7 Å². The van der Waals surface area contributed by atoms with Crippen molar-refractivity contribution in [2.45, 2.75) is 30.3 Å². The van der Waals surface area contributed by atoms with Crippen molar-refractivity contribution < 1.29 is 9.53 Å². The Kier molecular flexibility index (Phi) is 6.65. The molecule has 1 amide bonds. The molecule has 148 valence electrons. The van der Waals surface area contributed by atoms with Crippen LogP contribution >= 0.6 is 11.8 Å². The first-order chi connectivity index (χ1) is 14.3. The zero-order valence-electron chi connectivity index (χ0n) is 16.3. The van der Waals surface area contributed by atoms with E-state index in [4.69, 9.17) is 4.74 Å². The van der Waals surface area contributed by atoms with E-state index in [-0.39, 0.29) is 5.91 Å². The Balaban J connectivity index is 1.48. The van der Waals surface area contributed by atoms with E-state index in [1.807, 2.05) is 60.7 Å². The number of hydrogen-bond acceptors (Lipinski definition) is 3. The van der Waals surface area contributed by atoms with Crippen LogP contribution in [-0.4, -0.2) is 24.4 Å². The maximum atomic E-state index is 13.1. The molecule has 0 saturated carbocycles. The van der Waals surface area contributed by atoms with Gasteiger partial charge in [-0.05, 0) is 48.6 Å². The number of carbonyl (C=O) groups excluding carboxylic acids is 1. The van der Waals surface area contributed by atoms with Gasteiger partial charge in [0.15, 0.2) is 0 Å². The molecule has 1 fully saturated rings. The molecule has 0 aliphatic carbocycles. The van der Waals surface area contributed by atoms with Gasteiger partial charge in [-0.25, -0.2) is 0 Å². The van der Waals surface area contributed by atoms with E-state index in [0.717, 1.165) is 47.8 Å². The van der Waals surface area contributed by atoms with Gasteiger partial charge in [0.2, 0.25) is 0 Å². The number of amides is 1. The monoisotopic (exact) mass is 403 g/mol. The van der Waals surface area contributed by atoms with Gasteiger partial charge in [0.1, 0.15) is 0 Å². The molecule has 1 N–H and O–H groups in total. The normalized spacial score (nSPS) is 15.9. The van der Waals surface area contributed by atoms with Crippen molar-refractivity contribution in [3.05, 3.63) is 95.6 Å². The van der Waals surface area contributed by atoms with Gasteiger partial charge in [0.05, 0.1) is 11.7 Å². The fourth-order valence-corrected chi connectivity index (χ4v) is 4.66. The summed E-state index contributed by atoms with van der Waals surface area (Å²) in [6, 6.07) is 26.1. The van der Waals surface area contributed by atoms with E-state index in [0.29, 0.717) is 11.7 Å². The topological polar surface area (TPSA) is 38.3 Å². The Labute approximate surface area is 176 Å². The standard InChI is InChI=1S/C25H25NO2S/c27-25(22-13-5-7-15-24(22)29-18-21-12-8-16-28-21)26-23-14-6-4-11-20(23)17-19-9-2-1-3-10-19/h1-7,9-11,13-15,21H,8,12,16-18H2,(H,26,27)/t21-/m0/s1. The minimum atomic E-state index is -0.0686. The highest BCUT2D eigenvalue weighted by atomic mass is 32.2. The van der Waals surface area contributed by atoms with E-state index < -0.39 is 0 Å². The second-order valence-electron chi connectivity index (χ2n) is 7.22. The molecule has 1 aliphatic rings. The molecule has 3 aromatic carbocycles. The Hall–Kier alpha value is -2.56. The van der Waals surface area contributed by atoms with Crippen LogP contribution in [0.15, 0.2) is 83.8 Å². The fourth-order valence-electron chi connectivity index (χ4n) is 3.54. The molecule has 0 radical (unpaired) electrons. The number of anilines is 1. The summed E-state index contributed by atoms with van der Waals surface area (Å²) in [5.41, 5.74) is 3.91. The van der Waals surface area contributed by atoms with Gasteiger partial charge in [0.25, 0.3) is 5.91 Å². The van der Waals surface area contributed by atoms with Gasteiger partial charge >= 0.3 is 0 Å². The van der Waals surface area contributed by atoms with E-state index in [2.05, 4.69) is 23.5 Å². The minimum absolute atomic E-state index is 0.0686. The van der Waals surface area contributed by atoms with E-state index in [1.54, 1.807) is 11.8 Å². The Bertz CT molecular complexity index is 952. The number of para-hydroxylation sites is 1. The molecular formula is C25H25NO2S. The van der Waals surface area contributed by atoms with Crippen molar-refractivity contribution in [3.8, 4) is 0 Å². The predicted molar refractivity (Wildman–Crippen MR) is 120 cm³/mol. The highest BCUT2D eigenvalue weighted by molar-refractivity contribution is 7.99. The summed E-state index contributed by atoms with van der Waals surface area (Å²) >= 11 is 1.70. The molecule has 0 aromatic heterocycles. The number of ether oxygens (including phenoxy) is 1. The number of nitrogens with one attached hydrogen (secondary N) is 1. The van der Waals surface area contributed by atoms with Crippen LogP contribution in [0.25, 0.3) is 0 Å². The quantitative estimate of drug-likeness (QED) is 0.507. The zero-order valence-corrected chi connectivity index (χ0v) is 17.2. The van der Waals surface area contributed by atoms with E-state index in [9.17, 15) is 4.79 Å². The summed E-state index contributed by atoms with van der Waals surface area (Å²) in [4.78, 5) is 14.1. The number of thioether (sulfide) groups is 1. The summed E-state index contributed by atoms with van der Waals surface area (Å²) in [5.74, 6) is 0.815. The summed E-state index contributed by atoms with van der Waals surface area (Å²) in [6.45, 7) is 0.853. The SMILES string of the molecule is O=C(Nc1ccccc1Cc1ccccc1)c1ccccc1SC[C@@H]1CCCO1. The molecule has 4 heteroatoms. The zero-order chi connectivity index (χ0) is 19.9. The molecule has 0 bridgehead atoms. The van der Waals surface area contributed by atoms with Crippen LogP contribution in [0.5, 0.6) is 0 Å². The summed E-state index contributed by atoms with van der Waals surface area (Å²) in [5, 5.41) is 3.13. The highest BCUT2D eigenvalue weighted by Crippen LogP contribution is 2.28. The second kappa shape index (κ2) is 9.77. The molecule has 1 atom stereocenters. The number of rotatable bonds is 7. The average Bonchev–Trinajstić information content (AvgIpc) is 3.28. The van der Waals surface area contributed by atoms with Gasteiger partial charge in [0, 0.05) is 22.9 Å². The second-order valence-corrected chi connectivity index (χ2v) is 8.28. The molecular weight excluding hydrogens is 378 g/mol. The summed E-state index contributed by atoms with van der Waals surface area (Å²) in [7, 11) is 0. The predicted octanol–water partition coefficient (Wildman–Crippen LogP) is 5.80. The first kappa shape index (κ1) is 19.7. The molecule has 1 heterocycles. The minimum Gasteiger partial charge on any atom is -0.377 e. The van der Waals surface area contributed by atoms with Crippen LogP contribution < -0.4 is 5.32 Å². The third kappa shape index (κ3) is 5.28. The van der Waals surface area contributed by atoms with Crippen LogP contribution in [0.1, 0.15) is 34.3 Å². The highest BCUT2D eigenvalue weighted by Gasteiger charge is 2.18. The first-order valence-corrected chi connectivity index (χ1v) is 11.0. The van der Waals surface area contributed by atoms with Crippen molar-refractivity contribution in [2.24, 2.45) is 0 Å². The molecule has 3 nitrogen and oxygen atoms in total. The van der Waals surface area contributed by atoms with Gasteiger partial charge in [-0.3, -0.25) is 4.79 Å². The van der Waals surface area contributed by atoms with Crippen molar-refractivity contribution in [1.29, 1.82) is 0 Å². The van der Waals surface area contributed by atoms with Gasteiger partial charge in [-0.2, -0.15) is 0 Å². The van der Waals surface area contributed by atoms with Crippen LogP contribution in [0.3, 0.4) is 0 Å². The van der Waals surface area contributed by atoms with Crippen molar-refractivity contribution in [1.82, 2.24) is 0 Å². The Morgan fingerprint density at radius 3 is 2.55 bits per heavy atom. The lowest BCUT2D eigenvalue weighted by Gasteiger charge is -2.14. The molecule has 4 rings (SSSR count). The largest absolute Gasteiger partial charge is 0.377 e. The molecule has 1 saturated heterocycles. The first-order valence-electron chi connectivity index (χ1n) is 10.1. The third-order valence-corrected chi connectivity index (χ3v) is 6.29. The van der Waals surface area contributed by atoms with E-state index in [1.165, 1.54) is 5.56 Å². The third-order valence-electron chi connectivity index (χ3n) is 5.08. The Morgan fingerprint density at radius 2 is 1.72 bits per heavy atom. The molecule has 29 heavy (non-hydrogen) atoms. The lowest BCUT2D eigenvalue weighted by molar-refractivity contribution is 0.102. The van der Waals surface area contributed by atoms with Gasteiger partial charge < -0.3 is 10.1 Å². The van der Waals surface area contributed by atoms with Crippen molar-refractivity contribution in [2.75, 3.05) is 17.7 Å². The molecule has 3 aromatic rings. The Morgan fingerprint density at radius 1 is 0.966 bits per heavy atom. The van der Waals surface area contributed by atoms with Crippen LogP contribution in [0.2, 0.25) is 0 Å². The number of benzene rings is 3. The van der Waals surface area contributed by atoms with Crippen LogP contribution in [0.4, 0.5) is 5.69 Å². The molecule has 1 aliphatic heterocycles. The van der Waals surface area contributed by atoms with Crippen molar-refractivity contribution in [3.63, 3.8) is 0 Å². The van der Waals surface area contributed by atoms with Crippen LogP contribution in [-0.2, 0) is 11.2 Å². The average molecular weight is 404 g/mol. The molecule has 0 unspecified atom stereocenters. The lowest BCUT2D eigenvalue weighted by Crippen LogP contribution is -2.15.